The van der Waals surface area contributed by atoms with E-state index >= 15 is 0 Å². The van der Waals surface area contributed by atoms with E-state index in [4.69, 9.17) is 22.3 Å². The van der Waals surface area contributed by atoms with E-state index in [9.17, 15) is 23.7 Å². The van der Waals surface area contributed by atoms with Crippen molar-refractivity contribution in [2.45, 2.75) is 73.1 Å². The molecule has 0 heterocycles. The zero-order valence-corrected chi connectivity index (χ0v) is 27.0. The summed E-state index contributed by atoms with van der Waals surface area (Å²) in [7, 11) is -7.37. The lowest BCUT2D eigenvalue weighted by Gasteiger charge is -2.03. The summed E-state index contributed by atoms with van der Waals surface area (Å²) in [6.07, 6.45) is 2.50. The summed E-state index contributed by atoms with van der Waals surface area (Å²) >= 11 is 0. The van der Waals surface area contributed by atoms with E-state index in [1.807, 2.05) is 33.8 Å². The molecular formula is C30H44O10S2. The molecule has 0 aromatic heterocycles. The Morgan fingerprint density at radius 3 is 1.48 bits per heavy atom. The van der Waals surface area contributed by atoms with Crippen molar-refractivity contribution in [3.05, 3.63) is 66.7 Å². The first-order valence-corrected chi connectivity index (χ1v) is 15.8. The molecule has 0 atom stereocenters. The van der Waals surface area contributed by atoms with Crippen molar-refractivity contribution in [1.82, 2.24) is 0 Å². The SMILES string of the molecule is CC.CC.CCC.CCC.O=S(=O)(O)c1ccc2cc(O)c(O)cc2c1.O=S(=O)=O.Oc1ccc2cccc(O)c2c1. The zero-order chi connectivity index (χ0) is 33.5. The molecule has 0 aliphatic carbocycles. The van der Waals surface area contributed by atoms with Crippen LogP contribution in [0.25, 0.3) is 21.5 Å². The summed E-state index contributed by atoms with van der Waals surface area (Å²) in [6.45, 7) is 16.5. The maximum Gasteiger partial charge on any atom is 0.425 e. The first-order valence-electron chi connectivity index (χ1n) is 13.3. The fourth-order valence-electron chi connectivity index (χ4n) is 2.66. The standard InChI is InChI=1S/C10H8O5S.C10H8O2.2C3H8.2C2H6.O3S/c11-9-4-6-1-2-8(16(13,14)15)3-7(6)5-10(9)12;11-8-5-4-7-2-1-3-10(12)9(7)6-8;2*1-3-2;2*1-2;1-4(2)3/h1-5,11-12H,(H,13,14,15);1-6,11-12H;2*3H2,1-2H3;2*1-2H3;. The predicted octanol–water partition coefficient (Wildman–Crippen LogP) is 7.63. The van der Waals surface area contributed by atoms with Crippen LogP contribution in [-0.4, -0.2) is 46.0 Å². The van der Waals surface area contributed by atoms with E-state index in [-0.39, 0.29) is 27.9 Å². The highest BCUT2D eigenvalue weighted by atomic mass is 32.2. The average molecular weight is 629 g/mol. The third-order valence-electron chi connectivity index (χ3n) is 4.05. The second kappa shape index (κ2) is 23.8. The van der Waals surface area contributed by atoms with Gasteiger partial charge < -0.3 is 20.4 Å². The molecule has 10 nitrogen and oxygen atoms in total. The van der Waals surface area contributed by atoms with Crippen LogP contribution in [-0.2, 0) is 20.7 Å². The molecule has 0 saturated carbocycles. The van der Waals surface area contributed by atoms with Gasteiger partial charge in [-0.25, -0.2) is 0 Å². The van der Waals surface area contributed by atoms with Crippen LogP contribution in [0.3, 0.4) is 0 Å². The molecule has 4 aromatic rings. The Bertz CT molecular complexity index is 1530. The Labute approximate surface area is 250 Å². The van der Waals surface area contributed by atoms with Crippen LogP contribution in [0.2, 0.25) is 0 Å². The number of hydrogen-bond donors (Lipinski definition) is 5. The molecule has 0 unspecified atom stereocenters. The van der Waals surface area contributed by atoms with Gasteiger partial charge in [-0.05, 0) is 58.6 Å². The van der Waals surface area contributed by atoms with Crippen LogP contribution >= 0.6 is 0 Å². The lowest BCUT2D eigenvalue weighted by Crippen LogP contribution is -1.97. The molecule has 4 aromatic carbocycles. The molecule has 5 N–H and O–H groups in total. The number of phenolic OH excluding ortho intramolecular Hbond substituents is 4. The fourth-order valence-corrected chi connectivity index (χ4v) is 3.17. The van der Waals surface area contributed by atoms with Crippen LogP contribution in [0.15, 0.2) is 71.6 Å². The van der Waals surface area contributed by atoms with Gasteiger partial charge in [-0.1, -0.05) is 92.5 Å². The van der Waals surface area contributed by atoms with Crippen molar-refractivity contribution < 1.29 is 46.0 Å². The van der Waals surface area contributed by atoms with Crippen molar-refractivity contribution in [2.75, 3.05) is 0 Å². The molecular weight excluding hydrogens is 584 g/mol. The quantitative estimate of drug-likeness (QED) is 0.104. The van der Waals surface area contributed by atoms with Gasteiger partial charge in [-0.15, -0.1) is 12.6 Å². The van der Waals surface area contributed by atoms with E-state index in [2.05, 4.69) is 27.7 Å². The number of benzene rings is 4. The largest absolute Gasteiger partial charge is 0.508 e. The number of fused-ring (bicyclic) bond motifs is 2. The maximum atomic E-state index is 10.9. The summed E-state index contributed by atoms with van der Waals surface area (Å²) in [5, 5.41) is 39.6. The second-order valence-corrected chi connectivity index (χ2v) is 9.46. The Kier molecular flexibility index (Phi) is 24.1. The molecule has 4 rings (SSSR count). The molecule has 0 fully saturated rings. The summed E-state index contributed by atoms with van der Waals surface area (Å²) < 4.78 is 55.9. The van der Waals surface area contributed by atoms with Crippen molar-refractivity contribution in [1.29, 1.82) is 0 Å². The number of phenols is 4. The van der Waals surface area contributed by atoms with Crippen molar-refractivity contribution in [3.63, 3.8) is 0 Å². The highest BCUT2D eigenvalue weighted by molar-refractivity contribution is 7.85. The fraction of sp³-hybridized carbons (Fsp3) is 0.333. The van der Waals surface area contributed by atoms with Gasteiger partial charge in [0.1, 0.15) is 11.5 Å². The topological polar surface area (TPSA) is 186 Å². The smallest absolute Gasteiger partial charge is 0.425 e. The van der Waals surface area contributed by atoms with Gasteiger partial charge in [-0.3, -0.25) is 4.55 Å². The Hall–Kier alpha value is -3.87. The van der Waals surface area contributed by atoms with E-state index in [0.717, 1.165) is 5.39 Å². The van der Waals surface area contributed by atoms with Crippen LogP contribution in [0, 0.1) is 0 Å². The van der Waals surface area contributed by atoms with Crippen molar-refractivity contribution >= 4 is 42.3 Å². The van der Waals surface area contributed by atoms with E-state index in [0.29, 0.717) is 16.2 Å². The molecule has 0 saturated heterocycles. The van der Waals surface area contributed by atoms with Crippen molar-refractivity contribution in [2.24, 2.45) is 0 Å². The highest BCUT2D eigenvalue weighted by Crippen LogP contribution is 2.31. The Morgan fingerprint density at radius 2 is 1.02 bits per heavy atom. The Balaban J connectivity index is -0.000000514. The van der Waals surface area contributed by atoms with Crippen LogP contribution < -0.4 is 0 Å². The molecule has 0 amide bonds. The van der Waals surface area contributed by atoms with E-state index in [1.54, 1.807) is 30.3 Å². The van der Waals surface area contributed by atoms with Crippen LogP contribution in [0.5, 0.6) is 23.0 Å². The number of hydrogen-bond acceptors (Lipinski definition) is 9. The second-order valence-electron chi connectivity index (χ2n) is 7.63. The van der Waals surface area contributed by atoms with Gasteiger partial charge in [0.2, 0.25) is 0 Å². The Morgan fingerprint density at radius 1 is 0.595 bits per heavy atom. The lowest BCUT2D eigenvalue weighted by atomic mass is 10.1. The summed E-state index contributed by atoms with van der Waals surface area (Å²) in [5.41, 5.74) is 0. The minimum Gasteiger partial charge on any atom is -0.508 e. The van der Waals surface area contributed by atoms with Gasteiger partial charge >= 0.3 is 10.6 Å². The molecule has 12 heteroatoms. The normalized spacial score (nSPS) is 9.17. The first-order chi connectivity index (χ1) is 19.7. The lowest BCUT2D eigenvalue weighted by molar-refractivity contribution is 0.405. The van der Waals surface area contributed by atoms with Gasteiger partial charge in [0.25, 0.3) is 10.1 Å². The predicted molar refractivity (Wildman–Crippen MR) is 169 cm³/mol. The van der Waals surface area contributed by atoms with Gasteiger partial charge in [0.15, 0.2) is 11.5 Å². The molecule has 0 aliphatic rings. The van der Waals surface area contributed by atoms with Crippen LogP contribution in [0.1, 0.15) is 68.2 Å². The van der Waals surface area contributed by atoms with Gasteiger partial charge in [0, 0.05) is 5.39 Å². The van der Waals surface area contributed by atoms with E-state index in [1.165, 1.54) is 43.2 Å². The minimum absolute atomic E-state index is 0.170. The average Bonchev–Trinajstić information content (AvgIpc) is 2.92. The molecule has 0 spiro atoms. The highest BCUT2D eigenvalue weighted by Gasteiger charge is 2.11. The molecule has 42 heavy (non-hydrogen) atoms. The summed E-state index contributed by atoms with van der Waals surface area (Å²) in [4.78, 5) is -0.259. The monoisotopic (exact) mass is 628 g/mol. The summed E-state index contributed by atoms with van der Waals surface area (Å²) in [5.74, 6) is -0.264. The molecule has 0 bridgehead atoms. The minimum atomic E-state index is -4.26. The zero-order valence-electron chi connectivity index (χ0n) is 25.4. The number of rotatable bonds is 1. The number of aromatic hydroxyl groups is 4. The van der Waals surface area contributed by atoms with Gasteiger partial charge in [0.05, 0.1) is 4.90 Å². The molecule has 0 aliphatic heterocycles. The third-order valence-corrected chi connectivity index (χ3v) is 4.90. The first kappa shape index (κ1) is 42.6. The maximum absolute atomic E-state index is 10.9. The molecule has 236 valence electrons. The van der Waals surface area contributed by atoms with Crippen LogP contribution in [0.4, 0.5) is 0 Å². The van der Waals surface area contributed by atoms with Crippen molar-refractivity contribution in [3.8, 4) is 23.0 Å². The van der Waals surface area contributed by atoms with E-state index < -0.39 is 20.7 Å². The van der Waals surface area contributed by atoms with Gasteiger partial charge in [-0.2, -0.15) is 8.42 Å². The molecule has 0 radical (unpaired) electrons. The summed E-state index contributed by atoms with van der Waals surface area (Å²) in [6, 6.07) is 16.6. The third kappa shape index (κ3) is 17.7.